The first-order valence-corrected chi connectivity index (χ1v) is 8.38. The Balaban J connectivity index is 1.52. The first kappa shape index (κ1) is 17.7. The van der Waals surface area contributed by atoms with E-state index in [1.165, 1.54) is 6.07 Å². The molecule has 26 heavy (non-hydrogen) atoms. The largest absolute Gasteiger partial charge is 0.484 e. The average Bonchev–Trinajstić information content (AvgIpc) is 3.15. The van der Waals surface area contributed by atoms with Gasteiger partial charge in [0.1, 0.15) is 12.3 Å². The van der Waals surface area contributed by atoms with Crippen LogP contribution in [0.4, 0.5) is 4.39 Å². The summed E-state index contributed by atoms with van der Waals surface area (Å²) in [5, 5.41) is 9.60. The number of aromatic amines is 1. The van der Waals surface area contributed by atoms with E-state index in [1.54, 1.807) is 24.3 Å². The van der Waals surface area contributed by atoms with Gasteiger partial charge >= 0.3 is 0 Å². The Kier molecular flexibility index (Phi) is 5.63. The van der Waals surface area contributed by atoms with Gasteiger partial charge in [-0.1, -0.05) is 49.4 Å². The molecule has 3 aromatic rings. The van der Waals surface area contributed by atoms with Crippen LogP contribution in [0.2, 0.25) is 0 Å². The zero-order chi connectivity index (χ0) is 18.4. The van der Waals surface area contributed by atoms with Crippen molar-refractivity contribution in [3.63, 3.8) is 0 Å². The quantitative estimate of drug-likeness (QED) is 0.681. The maximum absolute atomic E-state index is 13.5. The highest BCUT2D eigenvalue weighted by molar-refractivity contribution is 5.92. The second kappa shape index (κ2) is 8.29. The van der Waals surface area contributed by atoms with Crippen molar-refractivity contribution in [3.05, 3.63) is 83.4 Å². The molecule has 0 aliphatic rings. The van der Waals surface area contributed by atoms with E-state index in [0.29, 0.717) is 12.2 Å². The Labute approximate surface area is 151 Å². The number of amides is 1. The van der Waals surface area contributed by atoms with E-state index >= 15 is 0 Å². The Morgan fingerprint density at radius 3 is 2.69 bits per heavy atom. The molecule has 1 heterocycles. The van der Waals surface area contributed by atoms with E-state index in [4.69, 9.17) is 4.74 Å². The van der Waals surface area contributed by atoms with Gasteiger partial charge in [-0.25, -0.2) is 4.39 Å². The van der Waals surface area contributed by atoms with Crippen LogP contribution in [0.3, 0.4) is 0 Å². The van der Waals surface area contributed by atoms with Crippen LogP contribution >= 0.6 is 0 Å². The molecule has 0 aliphatic heterocycles. The maximum atomic E-state index is 13.5. The molecule has 0 spiro atoms. The van der Waals surface area contributed by atoms with Gasteiger partial charge in [-0.2, -0.15) is 5.10 Å². The van der Waals surface area contributed by atoms with Crippen molar-refractivity contribution in [1.29, 1.82) is 0 Å². The van der Waals surface area contributed by atoms with Crippen LogP contribution in [0.1, 0.15) is 34.6 Å². The Morgan fingerprint density at radius 2 is 1.92 bits per heavy atom. The molecule has 0 saturated carbocycles. The lowest BCUT2D eigenvalue weighted by molar-refractivity contribution is 0.0946. The molecule has 6 heteroatoms. The number of nitrogens with one attached hydrogen (secondary N) is 2. The summed E-state index contributed by atoms with van der Waals surface area (Å²) in [6.07, 6.45) is 0. The molecule has 1 atom stereocenters. The number of hydrogen-bond donors (Lipinski definition) is 2. The predicted octanol–water partition coefficient (Wildman–Crippen LogP) is 3.66. The number of ether oxygens (including phenoxy) is 1. The van der Waals surface area contributed by atoms with Crippen LogP contribution in [0.5, 0.6) is 5.75 Å². The molecule has 0 fully saturated rings. The fourth-order valence-corrected chi connectivity index (χ4v) is 2.50. The Morgan fingerprint density at radius 1 is 1.19 bits per heavy atom. The Bertz CT molecular complexity index is 864. The van der Waals surface area contributed by atoms with Crippen LogP contribution in [0.15, 0.2) is 60.7 Å². The van der Waals surface area contributed by atoms with Crippen molar-refractivity contribution in [3.8, 4) is 5.75 Å². The van der Waals surface area contributed by atoms with E-state index in [-0.39, 0.29) is 29.9 Å². The second-order valence-electron chi connectivity index (χ2n) is 6.02. The summed E-state index contributed by atoms with van der Waals surface area (Å²) < 4.78 is 18.9. The van der Waals surface area contributed by atoms with Gasteiger partial charge in [-0.05, 0) is 29.7 Å². The van der Waals surface area contributed by atoms with E-state index in [0.717, 1.165) is 5.56 Å². The summed E-state index contributed by atoms with van der Waals surface area (Å²) in [6, 6.07) is 17.7. The molecule has 2 aromatic carbocycles. The minimum Gasteiger partial charge on any atom is -0.484 e. The predicted molar refractivity (Wildman–Crippen MR) is 96.5 cm³/mol. The van der Waals surface area contributed by atoms with E-state index in [1.807, 2.05) is 37.3 Å². The molecule has 5 nitrogen and oxygen atoms in total. The first-order valence-electron chi connectivity index (χ1n) is 8.38. The van der Waals surface area contributed by atoms with Crippen molar-refractivity contribution in [2.75, 3.05) is 6.54 Å². The molecule has 3 rings (SSSR count). The number of aromatic nitrogens is 2. The van der Waals surface area contributed by atoms with Crippen LogP contribution < -0.4 is 10.1 Å². The third-order valence-corrected chi connectivity index (χ3v) is 4.02. The highest BCUT2D eigenvalue weighted by Gasteiger charge is 2.13. The van der Waals surface area contributed by atoms with Gasteiger partial charge in [0.2, 0.25) is 0 Å². The molecule has 0 unspecified atom stereocenters. The molecule has 2 N–H and O–H groups in total. The highest BCUT2D eigenvalue weighted by Crippen LogP contribution is 2.17. The number of carbonyl (C=O) groups excluding carboxylic acids is 1. The van der Waals surface area contributed by atoms with Gasteiger partial charge < -0.3 is 10.1 Å². The summed E-state index contributed by atoms with van der Waals surface area (Å²) in [5.74, 6) is -0.339. The minimum absolute atomic E-state index is 0.0988. The smallest absolute Gasteiger partial charge is 0.271 e. The molecule has 1 amide bonds. The number of hydrogen-bond acceptors (Lipinski definition) is 3. The van der Waals surface area contributed by atoms with E-state index < -0.39 is 5.82 Å². The molecule has 0 saturated heterocycles. The number of H-pyrrole nitrogens is 1. The summed E-state index contributed by atoms with van der Waals surface area (Å²) in [5.41, 5.74) is 2.03. The standard InChI is InChI=1S/C20H20FN3O2/c1-14(15-7-3-2-4-8-15)12-22-20(25)18-11-16(23-24-18)13-26-19-10-6-5-9-17(19)21/h2-11,14H,12-13H2,1H3,(H,22,25)(H,23,24)/t14-/m1/s1. The Hall–Kier alpha value is -3.15. The number of nitrogens with zero attached hydrogens (tertiary/aromatic N) is 1. The average molecular weight is 353 g/mol. The van der Waals surface area contributed by atoms with Crippen LogP contribution in [0, 0.1) is 5.82 Å². The summed E-state index contributed by atoms with van der Waals surface area (Å²) in [7, 11) is 0. The summed E-state index contributed by atoms with van der Waals surface area (Å²) in [6.45, 7) is 2.66. The molecule has 0 aliphatic carbocycles. The lowest BCUT2D eigenvalue weighted by Gasteiger charge is -2.12. The fraction of sp³-hybridized carbons (Fsp3) is 0.200. The normalized spacial score (nSPS) is 11.8. The van der Waals surface area contributed by atoms with Gasteiger partial charge in [-0.15, -0.1) is 0 Å². The number of rotatable bonds is 7. The molecule has 0 radical (unpaired) electrons. The van der Waals surface area contributed by atoms with E-state index in [2.05, 4.69) is 15.5 Å². The highest BCUT2D eigenvalue weighted by atomic mass is 19.1. The minimum atomic E-state index is -0.431. The van der Waals surface area contributed by atoms with Crippen LogP contribution in [-0.2, 0) is 6.61 Å². The van der Waals surface area contributed by atoms with Crippen LogP contribution in [0.25, 0.3) is 0 Å². The lowest BCUT2D eigenvalue weighted by Crippen LogP contribution is -2.27. The molecule has 0 bridgehead atoms. The van der Waals surface area contributed by atoms with Crippen LogP contribution in [-0.4, -0.2) is 22.6 Å². The number of halogens is 1. The zero-order valence-electron chi connectivity index (χ0n) is 14.4. The lowest BCUT2D eigenvalue weighted by atomic mass is 10.0. The molecular formula is C20H20FN3O2. The second-order valence-corrected chi connectivity index (χ2v) is 6.02. The summed E-state index contributed by atoms with van der Waals surface area (Å²) >= 11 is 0. The number of para-hydroxylation sites is 1. The number of carbonyl (C=O) groups is 1. The number of benzene rings is 2. The van der Waals surface area contributed by atoms with Gasteiger partial charge in [0.05, 0.1) is 5.69 Å². The van der Waals surface area contributed by atoms with Gasteiger partial charge in [-0.3, -0.25) is 9.89 Å². The SMILES string of the molecule is C[C@H](CNC(=O)c1cc(COc2ccccc2F)[nH]n1)c1ccccc1. The maximum Gasteiger partial charge on any atom is 0.271 e. The fourth-order valence-electron chi connectivity index (χ4n) is 2.50. The monoisotopic (exact) mass is 353 g/mol. The third-order valence-electron chi connectivity index (χ3n) is 4.02. The third kappa shape index (κ3) is 4.47. The first-order chi connectivity index (χ1) is 12.6. The molecule has 1 aromatic heterocycles. The topological polar surface area (TPSA) is 67.0 Å². The van der Waals surface area contributed by atoms with Crippen molar-refractivity contribution in [2.24, 2.45) is 0 Å². The summed E-state index contributed by atoms with van der Waals surface area (Å²) in [4.78, 5) is 12.2. The van der Waals surface area contributed by atoms with Crippen molar-refractivity contribution >= 4 is 5.91 Å². The van der Waals surface area contributed by atoms with Gasteiger partial charge in [0.25, 0.3) is 5.91 Å². The van der Waals surface area contributed by atoms with Crippen molar-refractivity contribution < 1.29 is 13.9 Å². The zero-order valence-corrected chi connectivity index (χ0v) is 14.4. The van der Waals surface area contributed by atoms with Crippen molar-refractivity contribution in [2.45, 2.75) is 19.4 Å². The van der Waals surface area contributed by atoms with Gasteiger partial charge in [0.15, 0.2) is 11.6 Å². The van der Waals surface area contributed by atoms with E-state index in [9.17, 15) is 9.18 Å². The van der Waals surface area contributed by atoms with Gasteiger partial charge in [0, 0.05) is 6.54 Å². The molecular weight excluding hydrogens is 333 g/mol. The molecule has 134 valence electrons. The van der Waals surface area contributed by atoms with Crippen molar-refractivity contribution in [1.82, 2.24) is 15.5 Å².